The predicted molar refractivity (Wildman–Crippen MR) is 68.0 cm³/mol. The van der Waals surface area contributed by atoms with Gasteiger partial charge in [-0.15, -0.1) is 0 Å². The van der Waals surface area contributed by atoms with Gasteiger partial charge in [-0.25, -0.2) is 4.39 Å². The summed E-state index contributed by atoms with van der Waals surface area (Å²) in [4.78, 5) is 0. The molecule has 0 saturated carbocycles. The Kier molecular flexibility index (Phi) is 6.16. The quantitative estimate of drug-likeness (QED) is 0.792. The summed E-state index contributed by atoms with van der Waals surface area (Å²) in [5, 5.41) is 0. The molecule has 0 heterocycles. The van der Waals surface area contributed by atoms with Crippen molar-refractivity contribution in [2.24, 2.45) is 11.7 Å². The minimum absolute atomic E-state index is 0.226. The standard InChI is InChI=1S/C14H22FNO/c1-3-4-11(2)9-17-10-13-6-5-12(8-16)7-14(13)15/h5-7,11H,3-4,8-10,16H2,1-2H3. The van der Waals surface area contributed by atoms with Crippen LogP contribution in [-0.2, 0) is 17.9 Å². The van der Waals surface area contributed by atoms with Crippen LogP contribution in [0.2, 0.25) is 0 Å². The Bertz CT molecular complexity index is 341. The van der Waals surface area contributed by atoms with E-state index in [0.717, 1.165) is 18.4 Å². The normalized spacial score (nSPS) is 12.7. The second-order valence-corrected chi connectivity index (χ2v) is 4.54. The maximum absolute atomic E-state index is 13.6. The van der Waals surface area contributed by atoms with Gasteiger partial charge in [-0.2, -0.15) is 0 Å². The van der Waals surface area contributed by atoms with Crippen molar-refractivity contribution >= 4 is 0 Å². The molecule has 1 atom stereocenters. The number of benzene rings is 1. The number of rotatable bonds is 7. The van der Waals surface area contributed by atoms with E-state index in [9.17, 15) is 4.39 Å². The second-order valence-electron chi connectivity index (χ2n) is 4.54. The van der Waals surface area contributed by atoms with Gasteiger partial charge in [-0.1, -0.05) is 32.4 Å². The maximum atomic E-state index is 13.6. The Hall–Kier alpha value is -0.930. The van der Waals surface area contributed by atoms with E-state index in [0.29, 0.717) is 31.2 Å². The van der Waals surface area contributed by atoms with Gasteiger partial charge in [0.25, 0.3) is 0 Å². The molecule has 3 heteroatoms. The van der Waals surface area contributed by atoms with Crippen LogP contribution in [0.25, 0.3) is 0 Å². The molecule has 0 aliphatic rings. The molecule has 0 fully saturated rings. The van der Waals surface area contributed by atoms with Crippen LogP contribution in [-0.4, -0.2) is 6.61 Å². The Morgan fingerprint density at radius 1 is 1.41 bits per heavy atom. The smallest absolute Gasteiger partial charge is 0.129 e. The molecule has 17 heavy (non-hydrogen) atoms. The molecule has 1 unspecified atom stereocenters. The SMILES string of the molecule is CCCC(C)COCc1ccc(CN)cc1F. The summed E-state index contributed by atoms with van der Waals surface area (Å²) in [6.07, 6.45) is 2.30. The third-order valence-corrected chi connectivity index (χ3v) is 2.79. The van der Waals surface area contributed by atoms with E-state index in [1.165, 1.54) is 6.07 Å². The zero-order valence-electron chi connectivity index (χ0n) is 10.7. The van der Waals surface area contributed by atoms with Crippen molar-refractivity contribution in [2.45, 2.75) is 39.8 Å². The highest BCUT2D eigenvalue weighted by molar-refractivity contribution is 5.23. The first kappa shape index (κ1) is 14.1. The monoisotopic (exact) mass is 239 g/mol. The van der Waals surface area contributed by atoms with Gasteiger partial charge >= 0.3 is 0 Å². The van der Waals surface area contributed by atoms with E-state index in [1.54, 1.807) is 6.07 Å². The average Bonchev–Trinajstić information content (AvgIpc) is 2.31. The minimum atomic E-state index is -0.226. The Morgan fingerprint density at radius 3 is 2.76 bits per heavy atom. The molecule has 96 valence electrons. The zero-order valence-corrected chi connectivity index (χ0v) is 10.7. The van der Waals surface area contributed by atoms with Gasteiger partial charge in [0.2, 0.25) is 0 Å². The van der Waals surface area contributed by atoms with Crippen LogP contribution < -0.4 is 5.73 Å². The van der Waals surface area contributed by atoms with Crippen molar-refractivity contribution in [1.29, 1.82) is 0 Å². The Labute approximate surface area is 103 Å². The summed E-state index contributed by atoms with van der Waals surface area (Å²) in [7, 11) is 0. The highest BCUT2D eigenvalue weighted by Gasteiger charge is 2.05. The van der Waals surface area contributed by atoms with Crippen LogP contribution in [0.5, 0.6) is 0 Å². The van der Waals surface area contributed by atoms with Gasteiger partial charge in [-0.3, -0.25) is 0 Å². The summed E-state index contributed by atoms with van der Waals surface area (Å²) in [5.74, 6) is 0.308. The van der Waals surface area contributed by atoms with Crippen molar-refractivity contribution < 1.29 is 9.13 Å². The van der Waals surface area contributed by atoms with Crippen LogP contribution in [0, 0.1) is 11.7 Å². The molecule has 0 aromatic heterocycles. The van der Waals surface area contributed by atoms with Crippen molar-refractivity contribution in [3.63, 3.8) is 0 Å². The summed E-state index contributed by atoms with van der Waals surface area (Å²) >= 11 is 0. The van der Waals surface area contributed by atoms with Crippen LogP contribution in [0.4, 0.5) is 4.39 Å². The van der Waals surface area contributed by atoms with Crippen molar-refractivity contribution in [3.8, 4) is 0 Å². The van der Waals surface area contributed by atoms with E-state index in [-0.39, 0.29) is 5.82 Å². The average molecular weight is 239 g/mol. The van der Waals surface area contributed by atoms with Crippen LogP contribution in [0.1, 0.15) is 37.8 Å². The zero-order chi connectivity index (χ0) is 12.7. The lowest BCUT2D eigenvalue weighted by atomic mass is 10.1. The highest BCUT2D eigenvalue weighted by Crippen LogP contribution is 2.13. The highest BCUT2D eigenvalue weighted by atomic mass is 19.1. The lowest BCUT2D eigenvalue weighted by Crippen LogP contribution is -2.07. The van der Waals surface area contributed by atoms with Gasteiger partial charge < -0.3 is 10.5 Å². The van der Waals surface area contributed by atoms with Crippen LogP contribution in [0.3, 0.4) is 0 Å². The number of halogens is 1. The first-order valence-electron chi connectivity index (χ1n) is 6.22. The molecule has 0 amide bonds. The summed E-state index contributed by atoms with van der Waals surface area (Å²) in [5.41, 5.74) is 6.86. The number of ether oxygens (including phenoxy) is 1. The lowest BCUT2D eigenvalue weighted by molar-refractivity contribution is 0.0874. The molecule has 0 radical (unpaired) electrons. The van der Waals surface area contributed by atoms with E-state index >= 15 is 0 Å². The Morgan fingerprint density at radius 2 is 2.18 bits per heavy atom. The number of hydrogen-bond acceptors (Lipinski definition) is 2. The largest absolute Gasteiger partial charge is 0.376 e. The van der Waals surface area contributed by atoms with Gasteiger partial charge in [0.15, 0.2) is 0 Å². The fourth-order valence-corrected chi connectivity index (χ4v) is 1.78. The molecule has 1 aromatic rings. The molecule has 1 aromatic carbocycles. The topological polar surface area (TPSA) is 35.2 Å². The summed E-state index contributed by atoms with van der Waals surface area (Å²) in [6.45, 7) is 5.70. The third-order valence-electron chi connectivity index (χ3n) is 2.79. The molecule has 0 aliphatic heterocycles. The molecule has 0 spiro atoms. The lowest BCUT2D eigenvalue weighted by Gasteiger charge is -2.11. The van der Waals surface area contributed by atoms with Gasteiger partial charge in [-0.05, 0) is 24.0 Å². The minimum Gasteiger partial charge on any atom is -0.376 e. The van der Waals surface area contributed by atoms with Crippen LogP contribution in [0.15, 0.2) is 18.2 Å². The first-order chi connectivity index (χ1) is 8.17. The van der Waals surface area contributed by atoms with Gasteiger partial charge in [0.05, 0.1) is 6.61 Å². The van der Waals surface area contributed by atoms with E-state index in [4.69, 9.17) is 10.5 Å². The Balaban J connectivity index is 2.41. The fraction of sp³-hybridized carbons (Fsp3) is 0.571. The maximum Gasteiger partial charge on any atom is 0.129 e. The summed E-state index contributed by atoms with van der Waals surface area (Å²) < 4.78 is 19.1. The molecule has 2 N–H and O–H groups in total. The molecule has 0 aliphatic carbocycles. The van der Waals surface area contributed by atoms with E-state index in [1.807, 2.05) is 6.07 Å². The first-order valence-corrected chi connectivity index (χ1v) is 6.22. The molecule has 1 rings (SSSR count). The molecule has 0 saturated heterocycles. The number of hydrogen-bond donors (Lipinski definition) is 1. The van der Waals surface area contributed by atoms with E-state index in [2.05, 4.69) is 13.8 Å². The molecular weight excluding hydrogens is 217 g/mol. The predicted octanol–water partition coefficient (Wildman–Crippen LogP) is 3.24. The second kappa shape index (κ2) is 7.41. The van der Waals surface area contributed by atoms with Crippen molar-refractivity contribution in [2.75, 3.05) is 6.61 Å². The fourth-order valence-electron chi connectivity index (χ4n) is 1.78. The van der Waals surface area contributed by atoms with Gasteiger partial charge in [0, 0.05) is 18.7 Å². The van der Waals surface area contributed by atoms with Crippen molar-refractivity contribution in [3.05, 3.63) is 35.1 Å². The van der Waals surface area contributed by atoms with Gasteiger partial charge in [0.1, 0.15) is 5.82 Å². The summed E-state index contributed by atoms with van der Waals surface area (Å²) in [6, 6.07) is 5.08. The molecular formula is C14H22FNO. The molecule has 0 bridgehead atoms. The van der Waals surface area contributed by atoms with Crippen LogP contribution >= 0.6 is 0 Å². The number of nitrogens with two attached hydrogens (primary N) is 1. The van der Waals surface area contributed by atoms with E-state index < -0.39 is 0 Å². The third kappa shape index (κ3) is 4.84. The van der Waals surface area contributed by atoms with Crippen molar-refractivity contribution in [1.82, 2.24) is 0 Å². The molecule has 2 nitrogen and oxygen atoms in total.